The van der Waals surface area contributed by atoms with Gasteiger partial charge >= 0.3 is 5.97 Å². The van der Waals surface area contributed by atoms with Gasteiger partial charge in [0.05, 0.1) is 17.3 Å². The van der Waals surface area contributed by atoms with E-state index in [0.29, 0.717) is 23.7 Å². The van der Waals surface area contributed by atoms with Crippen LogP contribution in [0.5, 0.6) is 0 Å². The molecule has 3 saturated carbocycles. The molecule has 0 spiro atoms. The van der Waals surface area contributed by atoms with E-state index in [4.69, 9.17) is 4.74 Å². The average Bonchev–Trinajstić information content (AvgIpc) is 3.29. The number of hydrogen-bond donors (Lipinski definition) is 2. The van der Waals surface area contributed by atoms with Gasteiger partial charge in [-0.3, -0.25) is 4.79 Å². The van der Waals surface area contributed by atoms with Crippen LogP contribution < -0.4 is 0 Å². The molecule has 4 aliphatic rings. The minimum atomic E-state index is -0.795. The maximum atomic E-state index is 11.6. The molecule has 1 heterocycles. The molecule has 9 atom stereocenters. The minimum absolute atomic E-state index is 0.0109. The van der Waals surface area contributed by atoms with Gasteiger partial charge in [0.1, 0.15) is 0 Å². The SMILES string of the molecule is C=C(C)[C@@H]1CC[C@]2(C)[C@H](CC[C@@H]3[C@@H]([C@@]4(C)CC[C@@H](C(C)(C)O)O4)CC[C@]32C)[C@]1(C)CCC(=O)O. The molecule has 0 radical (unpaired) electrons. The summed E-state index contributed by atoms with van der Waals surface area (Å²) >= 11 is 0. The fourth-order valence-electron chi connectivity index (χ4n) is 10.0. The normalized spacial score (nSPS) is 48.9. The van der Waals surface area contributed by atoms with Crippen LogP contribution in [0.15, 0.2) is 12.2 Å². The zero-order valence-corrected chi connectivity index (χ0v) is 22.9. The second-order valence-corrected chi connectivity index (χ2v) is 14.2. The van der Waals surface area contributed by atoms with Gasteiger partial charge in [0.15, 0.2) is 0 Å². The number of rotatable bonds is 6. The van der Waals surface area contributed by atoms with Crippen LogP contribution in [0.1, 0.15) is 113 Å². The first-order valence-corrected chi connectivity index (χ1v) is 13.9. The molecule has 2 N–H and O–H groups in total. The maximum Gasteiger partial charge on any atom is 0.303 e. The van der Waals surface area contributed by atoms with Gasteiger partial charge in [-0.2, -0.15) is 0 Å². The van der Waals surface area contributed by atoms with Gasteiger partial charge < -0.3 is 14.9 Å². The third-order valence-electron chi connectivity index (χ3n) is 12.0. The smallest absolute Gasteiger partial charge is 0.303 e. The van der Waals surface area contributed by atoms with Gasteiger partial charge in [-0.05, 0) is 125 Å². The number of aliphatic hydroxyl groups is 1. The van der Waals surface area contributed by atoms with Crippen molar-refractivity contribution in [2.75, 3.05) is 0 Å². The van der Waals surface area contributed by atoms with Crippen molar-refractivity contribution in [3.05, 3.63) is 12.2 Å². The predicted molar refractivity (Wildman–Crippen MR) is 136 cm³/mol. The summed E-state index contributed by atoms with van der Waals surface area (Å²) in [5.41, 5.74) is 0.714. The monoisotopic (exact) mass is 474 g/mol. The van der Waals surface area contributed by atoms with E-state index < -0.39 is 11.6 Å². The van der Waals surface area contributed by atoms with Crippen molar-refractivity contribution in [1.82, 2.24) is 0 Å². The molecule has 194 valence electrons. The van der Waals surface area contributed by atoms with Crippen LogP contribution >= 0.6 is 0 Å². The number of carboxylic acid groups (broad SMARTS) is 1. The highest BCUT2D eigenvalue weighted by atomic mass is 16.5. The molecule has 3 aliphatic carbocycles. The molecule has 1 saturated heterocycles. The summed E-state index contributed by atoms with van der Waals surface area (Å²) in [5, 5.41) is 20.2. The summed E-state index contributed by atoms with van der Waals surface area (Å²) in [7, 11) is 0. The molecule has 0 aromatic carbocycles. The Bertz CT molecular complexity index is 828. The third kappa shape index (κ3) is 3.81. The Morgan fingerprint density at radius 3 is 2.18 bits per heavy atom. The van der Waals surface area contributed by atoms with E-state index in [9.17, 15) is 15.0 Å². The first-order chi connectivity index (χ1) is 15.6. The summed E-state index contributed by atoms with van der Waals surface area (Å²) in [6.07, 6.45) is 10.0. The van der Waals surface area contributed by atoms with E-state index in [1.165, 1.54) is 37.7 Å². The number of aliphatic carboxylic acids is 1. The van der Waals surface area contributed by atoms with Crippen molar-refractivity contribution in [1.29, 1.82) is 0 Å². The first kappa shape index (κ1) is 26.2. The van der Waals surface area contributed by atoms with E-state index in [1.807, 2.05) is 13.8 Å². The topological polar surface area (TPSA) is 66.8 Å². The second kappa shape index (κ2) is 8.33. The Balaban J connectivity index is 1.64. The molecule has 1 aliphatic heterocycles. The summed E-state index contributed by atoms with van der Waals surface area (Å²) < 4.78 is 6.69. The van der Waals surface area contributed by atoms with Gasteiger partial charge in [0.2, 0.25) is 0 Å². The van der Waals surface area contributed by atoms with Crippen molar-refractivity contribution in [2.45, 2.75) is 130 Å². The van der Waals surface area contributed by atoms with Crippen molar-refractivity contribution in [2.24, 2.45) is 39.9 Å². The van der Waals surface area contributed by atoms with Gasteiger partial charge in [0, 0.05) is 6.42 Å². The lowest BCUT2D eigenvalue weighted by atomic mass is 9.38. The third-order valence-corrected chi connectivity index (χ3v) is 12.0. The van der Waals surface area contributed by atoms with E-state index in [1.54, 1.807) is 0 Å². The van der Waals surface area contributed by atoms with Gasteiger partial charge in [0.25, 0.3) is 0 Å². The van der Waals surface area contributed by atoms with Crippen LogP contribution in [0.4, 0.5) is 0 Å². The fourth-order valence-corrected chi connectivity index (χ4v) is 10.0. The molecule has 4 heteroatoms. The zero-order valence-electron chi connectivity index (χ0n) is 22.9. The number of carboxylic acids is 1. The summed E-state index contributed by atoms with van der Waals surface area (Å²) in [4.78, 5) is 11.6. The Morgan fingerprint density at radius 1 is 0.971 bits per heavy atom. The number of ether oxygens (including phenoxy) is 1. The van der Waals surface area contributed by atoms with Gasteiger partial charge in [-0.25, -0.2) is 0 Å². The van der Waals surface area contributed by atoms with Crippen LogP contribution in [-0.4, -0.2) is 33.5 Å². The predicted octanol–water partition coefficient (Wildman–Crippen LogP) is 7.00. The Morgan fingerprint density at radius 2 is 1.62 bits per heavy atom. The summed E-state index contributed by atoms with van der Waals surface area (Å²) in [6.45, 7) is 20.1. The van der Waals surface area contributed by atoms with E-state index in [2.05, 4.69) is 41.2 Å². The van der Waals surface area contributed by atoms with Crippen molar-refractivity contribution in [3.8, 4) is 0 Å². The lowest BCUT2D eigenvalue weighted by Gasteiger charge is -2.66. The van der Waals surface area contributed by atoms with Crippen LogP contribution in [0.25, 0.3) is 0 Å². The van der Waals surface area contributed by atoms with E-state index in [0.717, 1.165) is 25.7 Å². The second-order valence-electron chi connectivity index (χ2n) is 14.2. The van der Waals surface area contributed by atoms with Crippen LogP contribution in [0.3, 0.4) is 0 Å². The molecular weight excluding hydrogens is 424 g/mol. The average molecular weight is 475 g/mol. The van der Waals surface area contributed by atoms with Gasteiger partial charge in [-0.1, -0.05) is 32.9 Å². The summed E-state index contributed by atoms with van der Waals surface area (Å²) in [6, 6.07) is 0. The molecule has 0 unspecified atom stereocenters. The minimum Gasteiger partial charge on any atom is -0.481 e. The molecule has 0 amide bonds. The molecule has 4 nitrogen and oxygen atoms in total. The van der Waals surface area contributed by atoms with Crippen LogP contribution in [-0.2, 0) is 9.53 Å². The Hall–Kier alpha value is -0.870. The quantitative estimate of drug-likeness (QED) is 0.407. The standard InChI is InChI=1S/C30H50O4/c1-19(2)20-11-17-29(7)23(27(20,5)15-14-25(31)32)10-9-21-22(12-16-28(21,29)6)30(8)18-13-24(34-30)26(3,4)33/h20-24,33H,1,9-18H2,2-8H3,(H,31,32)/t20-,21+,22-,23+,24-,27+,28+,29+,30+/m0/s1. The van der Waals surface area contributed by atoms with Crippen molar-refractivity contribution in [3.63, 3.8) is 0 Å². The molecule has 4 rings (SSSR count). The Kier molecular flexibility index (Phi) is 6.42. The molecule has 4 fully saturated rings. The molecule has 0 aromatic heterocycles. The van der Waals surface area contributed by atoms with E-state index >= 15 is 0 Å². The lowest BCUT2D eigenvalue weighted by Crippen LogP contribution is -2.60. The highest BCUT2D eigenvalue weighted by molar-refractivity contribution is 5.66. The van der Waals surface area contributed by atoms with Crippen LogP contribution in [0.2, 0.25) is 0 Å². The lowest BCUT2D eigenvalue weighted by molar-refractivity contribution is -0.187. The zero-order chi connectivity index (χ0) is 25.3. The van der Waals surface area contributed by atoms with Crippen molar-refractivity contribution < 1.29 is 19.7 Å². The molecule has 34 heavy (non-hydrogen) atoms. The number of hydrogen-bond acceptors (Lipinski definition) is 3. The van der Waals surface area contributed by atoms with Crippen molar-refractivity contribution >= 4 is 5.97 Å². The molecule has 0 bridgehead atoms. The van der Waals surface area contributed by atoms with Gasteiger partial charge in [-0.15, -0.1) is 0 Å². The first-order valence-electron chi connectivity index (χ1n) is 13.9. The number of fused-ring (bicyclic) bond motifs is 3. The molecule has 0 aromatic rings. The fraction of sp³-hybridized carbons (Fsp3) is 0.900. The largest absolute Gasteiger partial charge is 0.481 e. The molecular formula is C30H50O4. The van der Waals surface area contributed by atoms with E-state index in [-0.39, 0.29) is 34.4 Å². The highest BCUT2D eigenvalue weighted by Gasteiger charge is 2.68. The maximum absolute atomic E-state index is 11.6. The summed E-state index contributed by atoms with van der Waals surface area (Å²) in [5.74, 6) is 1.42. The highest BCUT2D eigenvalue weighted by Crippen LogP contribution is 2.74. The Labute approximate surface area is 207 Å². The van der Waals surface area contributed by atoms with Crippen LogP contribution in [0, 0.1) is 39.9 Å². The number of allylic oxidation sites excluding steroid dienone is 1. The number of carbonyl (C=O) groups is 1.